The zero-order chi connectivity index (χ0) is 22.7. The molecule has 1 aromatic heterocycles. The molecule has 2 aliphatic carbocycles. The maximum Gasteiger partial charge on any atom is 0.514 e. The van der Waals surface area contributed by atoms with Crippen LogP contribution < -0.4 is 10.1 Å². The summed E-state index contributed by atoms with van der Waals surface area (Å²) < 4.78 is 15.6. The first-order valence-corrected chi connectivity index (χ1v) is 10.4. The summed E-state index contributed by atoms with van der Waals surface area (Å²) >= 11 is 0. The Bertz CT molecular complexity index is 990. The summed E-state index contributed by atoms with van der Waals surface area (Å²) in [6, 6.07) is 7.01. The number of non-ortho nitro benzene ring substituents is 1. The van der Waals surface area contributed by atoms with Gasteiger partial charge in [0.05, 0.1) is 4.92 Å². The molecule has 0 aliphatic heterocycles. The number of nitrogens with zero attached hydrogens (tertiary/aromatic N) is 2. The highest BCUT2D eigenvalue weighted by Crippen LogP contribution is 2.40. The smallest absolute Gasteiger partial charge is 0.431 e. The van der Waals surface area contributed by atoms with Gasteiger partial charge in [-0.2, -0.15) is 5.10 Å². The molecule has 1 aromatic carbocycles. The average molecular weight is 444 g/mol. The number of aromatic amines is 1. The van der Waals surface area contributed by atoms with Crippen LogP contribution in [0.1, 0.15) is 37.3 Å². The van der Waals surface area contributed by atoms with Crippen LogP contribution >= 0.6 is 0 Å². The first kappa shape index (κ1) is 21.8. The largest absolute Gasteiger partial charge is 0.514 e. The van der Waals surface area contributed by atoms with E-state index in [9.17, 15) is 19.7 Å². The number of amides is 1. The number of carbonyl (C=O) groups is 2. The maximum atomic E-state index is 12.2. The summed E-state index contributed by atoms with van der Waals surface area (Å²) in [7, 11) is 1.63. The van der Waals surface area contributed by atoms with Gasteiger partial charge in [-0.15, -0.1) is 0 Å². The molecule has 0 bridgehead atoms. The van der Waals surface area contributed by atoms with Gasteiger partial charge in [0.25, 0.3) is 5.69 Å². The number of ether oxygens (including phenoxy) is 3. The number of methoxy groups -OCH3 is 1. The van der Waals surface area contributed by atoms with Crippen molar-refractivity contribution in [2.45, 2.75) is 37.7 Å². The Morgan fingerprint density at radius 1 is 1.25 bits per heavy atom. The lowest BCUT2D eigenvalue weighted by Gasteiger charge is -2.12. The summed E-state index contributed by atoms with van der Waals surface area (Å²) in [5.41, 5.74) is 0.783. The Labute approximate surface area is 183 Å². The highest BCUT2D eigenvalue weighted by atomic mass is 16.7. The molecule has 0 saturated heterocycles. The molecule has 32 heavy (non-hydrogen) atoms. The second-order valence-corrected chi connectivity index (χ2v) is 8.11. The highest BCUT2D eigenvalue weighted by molar-refractivity contribution is 5.93. The third-order valence-electron chi connectivity index (χ3n) is 5.83. The number of anilines is 1. The number of hydrogen-bond acceptors (Lipinski definition) is 8. The standard InChI is InChI=1S/C21H24N4O7/c1-30-11-13-9-17(13)20(26)22-19-10-18(23-24-19)12-2-5-16(8-12)32-21(27)31-15-6-3-14(4-7-15)25(28)29/h3-4,6-7,10,12-13,16-17H,2,5,8-9,11H2,1H3,(H2,22,23,24,26)/t12-,13+,16+,17-/m0/s1. The molecule has 2 aromatic rings. The number of H-pyrrole nitrogens is 1. The minimum Gasteiger partial charge on any atom is -0.431 e. The number of hydrogen-bond donors (Lipinski definition) is 2. The van der Waals surface area contributed by atoms with Crippen molar-refractivity contribution in [1.82, 2.24) is 10.2 Å². The highest BCUT2D eigenvalue weighted by Gasteiger charge is 2.43. The quantitative estimate of drug-likeness (QED) is 0.273. The van der Waals surface area contributed by atoms with E-state index < -0.39 is 11.1 Å². The monoisotopic (exact) mass is 444 g/mol. The maximum absolute atomic E-state index is 12.2. The summed E-state index contributed by atoms with van der Waals surface area (Å²) in [5.74, 6) is 0.972. The van der Waals surface area contributed by atoms with Gasteiger partial charge in [0.15, 0.2) is 5.82 Å². The van der Waals surface area contributed by atoms with E-state index in [2.05, 4.69) is 15.5 Å². The molecule has 2 fully saturated rings. The second-order valence-electron chi connectivity index (χ2n) is 8.11. The van der Waals surface area contributed by atoms with Crippen LogP contribution in [0.4, 0.5) is 16.3 Å². The lowest BCUT2D eigenvalue weighted by molar-refractivity contribution is -0.384. The molecule has 2 saturated carbocycles. The van der Waals surface area contributed by atoms with E-state index in [4.69, 9.17) is 14.2 Å². The number of carbonyl (C=O) groups excluding carboxylic acids is 2. The summed E-state index contributed by atoms with van der Waals surface area (Å²) in [6.45, 7) is 0.583. The summed E-state index contributed by atoms with van der Waals surface area (Å²) in [5, 5.41) is 20.6. The van der Waals surface area contributed by atoms with Crippen LogP contribution in [0.5, 0.6) is 5.75 Å². The molecule has 0 radical (unpaired) electrons. The van der Waals surface area contributed by atoms with Crippen molar-refractivity contribution < 1.29 is 28.7 Å². The Morgan fingerprint density at radius 3 is 2.75 bits per heavy atom. The lowest BCUT2D eigenvalue weighted by atomic mass is 10.0. The van der Waals surface area contributed by atoms with Gasteiger partial charge in [0, 0.05) is 49.4 Å². The van der Waals surface area contributed by atoms with Crippen LogP contribution in [0.3, 0.4) is 0 Å². The summed E-state index contributed by atoms with van der Waals surface area (Å²) in [6.07, 6.45) is 1.73. The van der Waals surface area contributed by atoms with Gasteiger partial charge < -0.3 is 19.5 Å². The molecule has 2 N–H and O–H groups in total. The van der Waals surface area contributed by atoms with Crippen molar-refractivity contribution >= 4 is 23.6 Å². The van der Waals surface area contributed by atoms with E-state index in [0.29, 0.717) is 25.3 Å². The fourth-order valence-corrected chi connectivity index (χ4v) is 4.02. The number of aromatic nitrogens is 2. The van der Waals surface area contributed by atoms with Gasteiger partial charge in [0.1, 0.15) is 11.9 Å². The van der Waals surface area contributed by atoms with Crippen LogP contribution in [0, 0.1) is 22.0 Å². The molecular weight excluding hydrogens is 420 g/mol. The number of benzene rings is 1. The van der Waals surface area contributed by atoms with E-state index in [0.717, 1.165) is 18.5 Å². The first-order valence-electron chi connectivity index (χ1n) is 10.4. The second kappa shape index (κ2) is 9.35. The Hall–Kier alpha value is -3.47. The Morgan fingerprint density at radius 2 is 2.03 bits per heavy atom. The van der Waals surface area contributed by atoms with Crippen molar-refractivity contribution in [3.8, 4) is 5.75 Å². The molecule has 0 spiro atoms. The Balaban J connectivity index is 1.23. The van der Waals surface area contributed by atoms with Gasteiger partial charge in [-0.05, 0) is 43.7 Å². The summed E-state index contributed by atoms with van der Waals surface area (Å²) in [4.78, 5) is 34.4. The Kier molecular flexibility index (Phi) is 6.35. The van der Waals surface area contributed by atoms with Crippen LogP contribution in [0.25, 0.3) is 0 Å². The predicted octanol–water partition coefficient (Wildman–Crippen LogP) is 3.39. The van der Waals surface area contributed by atoms with Gasteiger partial charge >= 0.3 is 6.16 Å². The van der Waals surface area contributed by atoms with Gasteiger partial charge in [0.2, 0.25) is 5.91 Å². The fraction of sp³-hybridized carbons (Fsp3) is 0.476. The molecule has 1 heterocycles. The van der Waals surface area contributed by atoms with Gasteiger partial charge in [-0.1, -0.05) is 0 Å². The predicted molar refractivity (Wildman–Crippen MR) is 111 cm³/mol. The van der Waals surface area contributed by atoms with Gasteiger partial charge in [-0.3, -0.25) is 20.0 Å². The van der Waals surface area contributed by atoms with Crippen molar-refractivity contribution in [1.29, 1.82) is 0 Å². The third kappa shape index (κ3) is 5.22. The number of nitro groups is 1. The van der Waals surface area contributed by atoms with E-state index in [1.165, 1.54) is 24.3 Å². The van der Waals surface area contributed by atoms with Gasteiger partial charge in [-0.25, -0.2) is 4.79 Å². The third-order valence-corrected chi connectivity index (χ3v) is 5.83. The molecule has 0 unspecified atom stereocenters. The van der Waals surface area contributed by atoms with Crippen molar-refractivity contribution in [3.05, 3.63) is 46.1 Å². The SMILES string of the molecule is COC[C@H]1C[C@@H]1C(=O)Nc1cc([C@H]2CC[C@@H](OC(=O)Oc3ccc([N+](=O)[O-])cc3)C2)[nH]n1. The minimum absolute atomic E-state index is 0.0267. The first-order chi connectivity index (χ1) is 15.4. The van der Waals surface area contributed by atoms with E-state index in [1.807, 2.05) is 6.07 Å². The molecule has 2 aliphatic rings. The van der Waals surface area contributed by atoms with Crippen molar-refractivity contribution in [2.24, 2.45) is 11.8 Å². The van der Waals surface area contributed by atoms with Crippen molar-refractivity contribution in [2.75, 3.05) is 19.0 Å². The van der Waals surface area contributed by atoms with Crippen LogP contribution in [0.2, 0.25) is 0 Å². The topological polar surface area (TPSA) is 146 Å². The number of nitrogens with one attached hydrogen (secondary N) is 2. The lowest BCUT2D eigenvalue weighted by Crippen LogP contribution is -2.18. The molecular formula is C21H24N4O7. The van der Waals surface area contributed by atoms with Crippen LogP contribution in [0.15, 0.2) is 30.3 Å². The normalized spacial score (nSPS) is 24.0. The zero-order valence-electron chi connectivity index (χ0n) is 17.5. The molecule has 11 nitrogen and oxygen atoms in total. The number of nitro benzene ring substituents is 1. The average Bonchev–Trinajstić information content (AvgIpc) is 3.14. The zero-order valence-corrected chi connectivity index (χ0v) is 17.5. The fourth-order valence-electron chi connectivity index (χ4n) is 4.02. The van der Waals surface area contributed by atoms with E-state index >= 15 is 0 Å². The minimum atomic E-state index is -0.850. The molecule has 11 heteroatoms. The molecule has 4 atom stereocenters. The number of rotatable bonds is 8. The van der Waals surface area contributed by atoms with E-state index in [1.54, 1.807) is 7.11 Å². The van der Waals surface area contributed by atoms with Crippen LogP contribution in [-0.4, -0.2) is 47.0 Å². The molecule has 4 rings (SSSR count). The molecule has 170 valence electrons. The van der Waals surface area contributed by atoms with E-state index in [-0.39, 0.29) is 41.2 Å². The van der Waals surface area contributed by atoms with Crippen LogP contribution in [-0.2, 0) is 14.3 Å². The van der Waals surface area contributed by atoms with Crippen molar-refractivity contribution in [3.63, 3.8) is 0 Å². The molecule has 1 amide bonds.